The molecular formula is C10H10BrN5O. The highest BCUT2D eigenvalue weighted by Gasteiger charge is 2.08. The fourth-order valence-electron chi connectivity index (χ4n) is 1.25. The first-order valence-corrected chi connectivity index (χ1v) is 5.70. The molecular weight excluding hydrogens is 286 g/mol. The van der Waals surface area contributed by atoms with Crippen LogP contribution in [0.3, 0.4) is 0 Å². The largest absolute Gasteiger partial charge is 0.343 e. The van der Waals surface area contributed by atoms with E-state index in [0.717, 1.165) is 0 Å². The van der Waals surface area contributed by atoms with E-state index in [9.17, 15) is 4.79 Å². The van der Waals surface area contributed by atoms with Crippen molar-refractivity contribution in [1.29, 1.82) is 0 Å². The van der Waals surface area contributed by atoms with Crippen molar-refractivity contribution in [3.63, 3.8) is 0 Å². The Morgan fingerprint density at radius 2 is 2.35 bits per heavy atom. The molecule has 0 bridgehead atoms. The molecule has 2 heterocycles. The van der Waals surface area contributed by atoms with Crippen molar-refractivity contribution in [2.45, 2.75) is 6.54 Å². The monoisotopic (exact) mass is 295 g/mol. The second kappa shape index (κ2) is 5.05. The highest BCUT2D eigenvalue weighted by Crippen LogP contribution is 2.06. The number of nitrogens with one attached hydrogen (secondary N) is 1. The molecule has 0 spiro atoms. The quantitative estimate of drug-likeness (QED) is 0.854. The van der Waals surface area contributed by atoms with Crippen molar-refractivity contribution in [2.24, 2.45) is 7.05 Å². The Morgan fingerprint density at radius 1 is 1.53 bits per heavy atom. The van der Waals surface area contributed by atoms with E-state index in [2.05, 4.69) is 36.3 Å². The fourth-order valence-corrected chi connectivity index (χ4v) is 1.59. The average molecular weight is 296 g/mol. The minimum Gasteiger partial charge on any atom is -0.343 e. The van der Waals surface area contributed by atoms with Crippen LogP contribution in [0, 0.1) is 0 Å². The van der Waals surface area contributed by atoms with Gasteiger partial charge in [0.05, 0.1) is 6.54 Å². The van der Waals surface area contributed by atoms with E-state index >= 15 is 0 Å². The van der Waals surface area contributed by atoms with Gasteiger partial charge in [0.1, 0.15) is 16.6 Å². The average Bonchev–Trinajstić information content (AvgIpc) is 2.72. The maximum absolute atomic E-state index is 11.7. The molecule has 2 aromatic heterocycles. The summed E-state index contributed by atoms with van der Waals surface area (Å²) in [6.07, 6.45) is 1.58. The predicted octanol–water partition coefficient (Wildman–Crippen LogP) is 0.903. The fraction of sp³-hybridized carbons (Fsp3) is 0.200. The maximum atomic E-state index is 11.7. The van der Waals surface area contributed by atoms with Crippen molar-refractivity contribution >= 4 is 21.8 Å². The van der Waals surface area contributed by atoms with E-state index in [-0.39, 0.29) is 12.5 Å². The molecule has 0 saturated heterocycles. The number of halogens is 1. The molecule has 17 heavy (non-hydrogen) atoms. The summed E-state index contributed by atoms with van der Waals surface area (Å²) in [7, 11) is 1.77. The van der Waals surface area contributed by atoms with Gasteiger partial charge in [0, 0.05) is 7.05 Å². The summed E-state index contributed by atoms with van der Waals surface area (Å²) in [5, 5.41) is 6.75. The maximum Gasteiger partial charge on any atom is 0.270 e. The number of aromatic nitrogens is 4. The summed E-state index contributed by atoms with van der Waals surface area (Å²) in [6.45, 7) is 0.286. The molecule has 0 aliphatic heterocycles. The van der Waals surface area contributed by atoms with Gasteiger partial charge in [0.15, 0.2) is 5.82 Å². The summed E-state index contributed by atoms with van der Waals surface area (Å²) in [4.78, 5) is 19.8. The van der Waals surface area contributed by atoms with Crippen LogP contribution in [0.25, 0.3) is 0 Å². The van der Waals surface area contributed by atoms with Gasteiger partial charge in [-0.1, -0.05) is 6.07 Å². The van der Waals surface area contributed by atoms with Crippen LogP contribution in [-0.4, -0.2) is 25.7 Å². The highest BCUT2D eigenvalue weighted by atomic mass is 79.9. The molecule has 0 radical (unpaired) electrons. The third-order valence-electron chi connectivity index (χ3n) is 2.00. The summed E-state index contributed by atoms with van der Waals surface area (Å²) in [6, 6.07) is 5.16. The minimum absolute atomic E-state index is 0.251. The molecule has 0 aliphatic rings. The van der Waals surface area contributed by atoms with Crippen LogP contribution in [0.1, 0.15) is 16.3 Å². The Bertz CT molecular complexity index is 539. The van der Waals surface area contributed by atoms with Crippen LogP contribution >= 0.6 is 15.9 Å². The molecule has 7 heteroatoms. The lowest BCUT2D eigenvalue weighted by atomic mass is 10.3. The van der Waals surface area contributed by atoms with Gasteiger partial charge in [-0.05, 0) is 28.1 Å². The molecule has 1 N–H and O–H groups in total. The summed E-state index contributed by atoms with van der Waals surface area (Å²) >= 11 is 3.21. The lowest BCUT2D eigenvalue weighted by Crippen LogP contribution is -2.24. The summed E-state index contributed by atoms with van der Waals surface area (Å²) in [5.41, 5.74) is 0.357. The first kappa shape index (κ1) is 11.7. The molecule has 0 saturated carbocycles. The molecule has 0 aliphatic carbocycles. The Kier molecular flexibility index (Phi) is 3.48. The van der Waals surface area contributed by atoms with Crippen molar-refractivity contribution in [3.05, 3.63) is 40.6 Å². The first-order valence-electron chi connectivity index (χ1n) is 4.90. The predicted molar refractivity (Wildman–Crippen MR) is 64.1 cm³/mol. The van der Waals surface area contributed by atoms with Gasteiger partial charge in [-0.25, -0.2) is 9.97 Å². The Morgan fingerprint density at radius 3 is 3.00 bits per heavy atom. The van der Waals surface area contributed by atoms with Gasteiger partial charge in [0.2, 0.25) is 0 Å². The molecule has 0 aromatic carbocycles. The molecule has 2 rings (SSSR count). The second-order valence-electron chi connectivity index (χ2n) is 3.36. The van der Waals surface area contributed by atoms with Crippen LogP contribution in [0.15, 0.2) is 29.1 Å². The number of rotatable bonds is 3. The van der Waals surface area contributed by atoms with Crippen LogP contribution in [0.2, 0.25) is 0 Å². The first-order chi connectivity index (χ1) is 8.15. The zero-order chi connectivity index (χ0) is 12.3. The van der Waals surface area contributed by atoms with Crippen molar-refractivity contribution in [2.75, 3.05) is 0 Å². The van der Waals surface area contributed by atoms with Gasteiger partial charge < -0.3 is 5.32 Å². The number of hydrogen-bond donors (Lipinski definition) is 1. The third-order valence-corrected chi connectivity index (χ3v) is 2.44. The Hall–Kier alpha value is -1.76. The van der Waals surface area contributed by atoms with E-state index in [0.29, 0.717) is 16.1 Å². The highest BCUT2D eigenvalue weighted by molar-refractivity contribution is 9.10. The number of aryl methyl sites for hydroxylation is 1. The number of nitrogens with zero attached hydrogens (tertiary/aromatic N) is 4. The zero-order valence-electron chi connectivity index (χ0n) is 9.09. The van der Waals surface area contributed by atoms with Crippen molar-refractivity contribution in [1.82, 2.24) is 25.1 Å². The van der Waals surface area contributed by atoms with Gasteiger partial charge >= 0.3 is 0 Å². The van der Waals surface area contributed by atoms with E-state index in [4.69, 9.17) is 0 Å². The SMILES string of the molecule is Cn1cnc(CNC(=O)c2cccc(Br)n2)n1. The lowest BCUT2D eigenvalue weighted by Gasteiger charge is -2.02. The molecule has 2 aromatic rings. The van der Waals surface area contributed by atoms with Crippen LogP contribution in [0.4, 0.5) is 0 Å². The van der Waals surface area contributed by atoms with Crippen LogP contribution in [0.5, 0.6) is 0 Å². The summed E-state index contributed by atoms with van der Waals surface area (Å²) < 4.78 is 2.21. The second-order valence-corrected chi connectivity index (χ2v) is 4.18. The normalized spacial score (nSPS) is 10.2. The standard InChI is InChI=1S/C10H10BrN5O/c1-16-6-13-9(15-16)5-12-10(17)7-3-2-4-8(11)14-7/h2-4,6H,5H2,1H3,(H,12,17). The molecule has 6 nitrogen and oxygen atoms in total. The van der Waals surface area contributed by atoms with Gasteiger partial charge in [-0.15, -0.1) is 0 Å². The molecule has 0 unspecified atom stereocenters. The lowest BCUT2D eigenvalue weighted by molar-refractivity contribution is 0.0944. The van der Waals surface area contributed by atoms with Gasteiger partial charge in [0.25, 0.3) is 5.91 Å². The Balaban J connectivity index is 1.98. The summed E-state index contributed by atoms with van der Waals surface area (Å²) in [5.74, 6) is 0.314. The van der Waals surface area contributed by atoms with Crippen LogP contribution in [-0.2, 0) is 13.6 Å². The van der Waals surface area contributed by atoms with Crippen molar-refractivity contribution < 1.29 is 4.79 Å². The molecule has 88 valence electrons. The molecule has 0 atom stereocenters. The third kappa shape index (κ3) is 3.10. The van der Waals surface area contributed by atoms with Gasteiger partial charge in [-0.2, -0.15) is 5.10 Å². The molecule has 0 fully saturated rings. The number of carbonyl (C=O) groups is 1. The topological polar surface area (TPSA) is 72.7 Å². The van der Waals surface area contributed by atoms with E-state index in [1.54, 1.807) is 36.3 Å². The number of carbonyl (C=O) groups excluding carboxylic acids is 1. The Labute approximate surface area is 106 Å². The minimum atomic E-state index is -0.251. The van der Waals surface area contributed by atoms with Gasteiger partial charge in [-0.3, -0.25) is 9.48 Å². The van der Waals surface area contributed by atoms with E-state index in [1.165, 1.54) is 0 Å². The smallest absolute Gasteiger partial charge is 0.270 e. The van der Waals surface area contributed by atoms with Crippen LogP contribution < -0.4 is 5.32 Å². The molecule has 1 amide bonds. The number of amides is 1. The number of hydrogen-bond acceptors (Lipinski definition) is 4. The number of pyridine rings is 1. The van der Waals surface area contributed by atoms with E-state index in [1.807, 2.05) is 0 Å². The zero-order valence-corrected chi connectivity index (χ0v) is 10.7. The van der Waals surface area contributed by atoms with E-state index < -0.39 is 0 Å². The van der Waals surface area contributed by atoms with Crippen molar-refractivity contribution in [3.8, 4) is 0 Å².